The van der Waals surface area contributed by atoms with Crippen LogP contribution in [0.2, 0.25) is 0 Å². The number of fused-ring (bicyclic) bond motifs is 1. The molecule has 2 aromatic heterocycles. The lowest BCUT2D eigenvalue weighted by Crippen LogP contribution is -2.10. The van der Waals surface area contributed by atoms with Crippen LogP contribution in [0.5, 0.6) is 0 Å². The summed E-state index contributed by atoms with van der Waals surface area (Å²) in [5.74, 6) is 1.62. The molecular formula is C15H15N3OS. The Morgan fingerprint density at radius 1 is 1.15 bits per heavy atom. The van der Waals surface area contributed by atoms with E-state index in [1.807, 2.05) is 41.8 Å². The van der Waals surface area contributed by atoms with Crippen molar-refractivity contribution >= 4 is 28.1 Å². The van der Waals surface area contributed by atoms with Gasteiger partial charge in [-0.1, -0.05) is 18.2 Å². The Bertz CT molecular complexity index is 697. The smallest absolute Gasteiger partial charge is 0.172 e. The first-order valence-corrected chi connectivity index (χ1v) is 7.30. The van der Waals surface area contributed by atoms with E-state index in [9.17, 15) is 0 Å². The number of aromatic nitrogens is 2. The van der Waals surface area contributed by atoms with Crippen LogP contribution in [0.3, 0.4) is 0 Å². The zero-order valence-electron chi connectivity index (χ0n) is 11.2. The Balaban J connectivity index is 2.05. The third-order valence-electron chi connectivity index (χ3n) is 2.94. The second kappa shape index (κ2) is 5.98. The first kappa shape index (κ1) is 13.0. The maximum atomic E-state index is 5.07. The number of methoxy groups -OCH3 is 1. The van der Waals surface area contributed by atoms with E-state index in [0.29, 0.717) is 6.61 Å². The van der Waals surface area contributed by atoms with Crippen molar-refractivity contribution in [2.75, 3.05) is 25.6 Å². The molecule has 20 heavy (non-hydrogen) atoms. The number of hydrogen-bond acceptors (Lipinski definition) is 5. The Morgan fingerprint density at radius 3 is 2.85 bits per heavy atom. The molecule has 4 nitrogen and oxygen atoms in total. The van der Waals surface area contributed by atoms with E-state index in [2.05, 4.69) is 15.3 Å². The molecule has 0 aliphatic carbocycles. The standard InChI is InChI=1S/C15H15N3OS/c1-19-9-8-16-14-11-5-2-3-6-12(11)17-15(18-14)13-7-4-10-20-13/h2-7,10H,8-9H2,1H3,(H,16,17,18). The predicted molar refractivity (Wildman–Crippen MR) is 83.2 cm³/mol. The summed E-state index contributed by atoms with van der Waals surface area (Å²) in [4.78, 5) is 10.4. The van der Waals surface area contributed by atoms with E-state index < -0.39 is 0 Å². The van der Waals surface area contributed by atoms with E-state index in [1.54, 1.807) is 18.4 Å². The summed E-state index contributed by atoms with van der Waals surface area (Å²) in [6.07, 6.45) is 0. The molecule has 1 aromatic carbocycles. The molecule has 0 amide bonds. The number of rotatable bonds is 5. The SMILES string of the molecule is COCCNc1nc(-c2cccs2)nc2ccccc12. The van der Waals surface area contributed by atoms with Gasteiger partial charge >= 0.3 is 0 Å². The average Bonchev–Trinajstić information content (AvgIpc) is 3.01. The molecule has 0 aliphatic heterocycles. The minimum atomic E-state index is 0.646. The quantitative estimate of drug-likeness (QED) is 0.730. The fourth-order valence-electron chi connectivity index (χ4n) is 2.00. The van der Waals surface area contributed by atoms with Crippen molar-refractivity contribution < 1.29 is 4.74 Å². The second-order valence-corrected chi connectivity index (χ2v) is 5.26. The van der Waals surface area contributed by atoms with Gasteiger partial charge in [-0.05, 0) is 23.6 Å². The van der Waals surface area contributed by atoms with Crippen molar-refractivity contribution in [1.29, 1.82) is 0 Å². The van der Waals surface area contributed by atoms with Crippen LogP contribution in [0.15, 0.2) is 41.8 Å². The first-order chi connectivity index (χ1) is 9.88. The van der Waals surface area contributed by atoms with E-state index in [-0.39, 0.29) is 0 Å². The average molecular weight is 285 g/mol. The number of anilines is 1. The summed E-state index contributed by atoms with van der Waals surface area (Å²) < 4.78 is 5.07. The van der Waals surface area contributed by atoms with Crippen LogP contribution in [-0.4, -0.2) is 30.2 Å². The lowest BCUT2D eigenvalue weighted by molar-refractivity contribution is 0.210. The maximum absolute atomic E-state index is 5.07. The summed E-state index contributed by atoms with van der Waals surface area (Å²) >= 11 is 1.64. The largest absolute Gasteiger partial charge is 0.383 e. The van der Waals surface area contributed by atoms with Crippen molar-refractivity contribution in [2.45, 2.75) is 0 Å². The van der Waals surface area contributed by atoms with Gasteiger partial charge in [0, 0.05) is 19.0 Å². The third-order valence-corrected chi connectivity index (χ3v) is 3.81. The van der Waals surface area contributed by atoms with Crippen molar-refractivity contribution in [3.8, 4) is 10.7 Å². The van der Waals surface area contributed by atoms with Gasteiger partial charge in [0.1, 0.15) is 5.82 Å². The summed E-state index contributed by atoms with van der Waals surface area (Å²) in [6.45, 7) is 1.37. The normalized spacial score (nSPS) is 10.8. The van der Waals surface area contributed by atoms with Gasteiger partial charge < -0.3 is 10.1 Å². The molecule has 0 radical (unpaired) electrons. The van der Waals surface area contributed by atoms with Crippen LogP contribution in [-0.2, 0) is 4.74 Å². The second-order valence-electron chi connectivity index (χ2n) is 4.31. The molecule has 3 rings (SSSR count). The Morgan fingerprint density at radius 2 is 2.05 bits per heavy atom. The van der Waals surface area contributed by atoms with Gasteiger partial charge in [0.2, 0.25) is 0 Å². The Kier molecular flexibility index (Phi) is 3.90. The predicted octanol–water partition coefficient (Wildman–Crippen LogP) is 3.42. The van der Waals surface area contributed by atoms with E-state index in [1.165, 1.54) is 0 Å². The molecular weight excluding hydrogens is 270 g/mol. The molecule has 0 bridgehead atoms. The van der Waals surface area contributed by atoms with E-state index >= 15 is 0 Å². The molecule has 3 aromatic rings. The number of nitrogens with one attached hydrogen (secondary N) is 1. The molecule has 0 atom stereocenters. The molecule has 2 heterocycles. The van der Waals surface area contributed by atoms with Gasteiger partial charge in [-0.3, -0.25) is 0 Å². The number of hydrogen-bond donors (Lipinski definition) is 1. The number of benzene rings is 1. The highest BCUT2D eigenvalue weighted by Gasteiger charge is 2.09. The molecule has 1 N–H and O–H groups in total. The Labute approximate surface area is 121 Å². The lowest BCUT2D eigenvalue weighted by atomic mass is 10.2. The minimum Gasteiger partial charge on any atom is -0.383 e. The van der Waals surface area contributed by atoms with Crippen molar-refractivity contribution in [2.24, 2.45) is 0 Å². The number of para-hydroxylation sites is 1. The third kappa shape index (κ3) is 2.64. The van der Waals surface area contributed by atoms with E-state index in [4.69, 9.17) is 4.74 Å². The van der Waals surface area contributed by atoms with E-state index in [0.717, 1.165) is 34.0 Å². The highest BCUT2D eigenvalue weighted by Crippen LogP contribution is 2.27. The van der Waals surface area contributed by atoms with Gasteiger partial charge in [-0.15, -0.1) is 11.3 Å². The van der Waals surface area contributed by atoms with Crippen LogP contribution in [0, 0.1) is 0 Å². The fourth-order valence-corrected chi connectivity index (χ4v) is 2.66. The first-order valence-electron chi connectivity index (χ1n) is 6.42. The molecule has 0 fully saturated rings. The van der Waals surface area contributed by atoms with Crippen LogP contribution in [0.4, 0.5) is 5.82 Å². The van der Waals surface area contributed by atoms with Gasteiger partial charge in [-0.2, -0.15) is 0 Å². The van der Waals surface area contributed by atoms with Gasteiger partial charge in [0.25, 0.3) is 0 Å². The zero-order chi connectivity index (χ0) is 13.8. The lowest BCUT2D eigenvalue weighted by Gasteiger charge is -2.09. The van der Waals surface area contributed by atoms with Gasteiger partial charge in [0.05, 0.1) is 17.0 Å². The highest BCUT2D eigenvalue weighted by molar-refractivity contribution is 7.13. The molecule has 5 heteroatoms. The zero-order valence-corrected chi connectivity index (χ0v) is 12.0. The van der Waals surface area contributed by atoms with Crippen LogP contribution < -0.4 is 5.32 Å². The minimum absolute atomic E-state index is 0.646. The van der Waals surface area contributed by atoms with Crippen LogP contribution in [0.25, 0.3) is 21.6 Å². The number of nitrogens with zero attached hydrogens (tertiary/aromatic N) is 2. The summed E-state index contributed by atoms with van der Waals surface area (Å²) in [5.41, 5.74) is 0.950. The fraction of sp³-hybridized carbons (Fsp3) is 0.200. The summed E-state index contributed by atoms with van der Waals surface area (Å²) in [5, 5.41) is 6.38. The molecule has 102 valence electrons. The molecule has 0 saturated heterocycles. The molecule has 0 aliphatic rings. The van der Waals surface area contributed by atoms with Crippen molar-refractivity contribution in [3.63, 3.8) is 0 Å². The monoisotopic (exact) mass is 285 g/mol. The van der Waals surface area contributed by atoms with Crippen LogP contribution in [0.1, 0.15) is 0 Å². The topological polar surface area (TPSA) is 47.0 Å². The summed E-state index contributed by atoms with van der Waals surface area (Å²) in [7, 11) is 1.69. The summed E-state index contributed by atoms with van der Waals surface area (Å²) in [6, 6.07) is 12.1. The Hall–Kier alpha value is -1.98. The van der Waals surface area contributed by atoms with Crippen molar-refractivity contribution in [1.82, 2.24) is 9.97 Å². The molecule has 0 spiro atoms. The van der Waals surface area contributed by atoms with Gasteiger partial charge in [0.15, 0.2) is 5.82 Å². The van der Waals surface area contributed by atoms with Gasteiger partial charge in [-0.25, -0.2) is 9.97 Å². The van der Waals surface area contributed by atoms with Crippen LogP contribution >= 0.6 is 11.3 Å². The van der Waals surface area contributed by atoms with Crippen molar-refractivity contribution in [3.05, 3.63) is 41.8 Å². The highest BCUT2D eigenvalue weighted by atomic mass is 32.1. The number of thiophene rings is 1. The molecule has 0 unspecified atom stereocenters. The number of ether oxygens (including phenoxy) is 1. The molecule has 0 saturated carbocycles. The maximum Gasteiger partial charge on any atom is 0.172 e.